The standard InChI is InChI=1S/C10H7N/c1-3-8-7-9-4-2-6-11(9)10(8)5-1/h1-7H. The molecule has 11 heavy (non-hydrogen) atoms. The molecule has 0 radical (unpaired) electrons. The predicted molar refractivity (Wildman–Crippen MR) is 46.1 cm³/mol. The third kappa shape index (κ3) is 0.511. The van der Waals surface area contributed by atoms with Crippen molar-refractivity contribution in [3.63, 3.8) is 0 Å². The van der Waals surface area contributed by atoms with E-state index in [-0.39, 0.29) is 0 Å². The van der Waals surface area contributed by atoms with Crippen LogP contribution < -0.4 is 5.35 Å². The van der Waals surface area contributed by atoms with Gasteiger partial charge in [0, 0.05) is 17.3 Å². The van der Waals surface area contributed by atoms with Gasteiger partial charge in [0.05, 0.1) is 5.35 Å². The number of nitrogens with zero attached hydrogens (tertiary/aromatic N) is 1. The normalized spacial score (nSPS) is 13.8. The zero-order valence-corrected chi connectivity index (χ0v) is 5.99. The minimum atomic E-state index is 1.29. The molecule has 2 aromatic rings. The second kappa shape index (κ2) is 1.56. The molecule has 0 unspecified atom stereocenters. The zero-order chi connectivity index (χ0) is 7.26. The van der Waals surface area contributed by atoms with Gasteiger partial charge in [0.1, 0.15) is 0 Å². The fourth-order valence-electron chi connectivity index (χ4n) is 1.66. The van der Waals surface area contributed by atoms with Crippen LogP contribution in [0.15, 0.2) is 30.5 Å². The molecule has 52 valence electrons. The van der Waals surface area contributed by atoms with Crippen molar-refractivity contribution in [2.45, 2.75) is 0 Å². The fourth-order valence-corrected chi connectivity index (χ4v) is 1.66. The minimum absolute atomic E-state index is 1.29. The van der Waals surface area contributed by atoms with E-state index in [9.17, 15) is 0 Å². The maximum Gasteiger partial charge on any atom is 0.0528 e. The van der Waals surface area contributed by atoms with Crippen LogP contribution in [-0.2, 0) is 0 Å². The molecular formula is C10H7N. The van der Waals surface area contributed by atoms with Crippen LogP contribution in [0.3, 0.4) is 0 Å². The average Bonchev–Trinajstić information content (AvgIpc) is 2.52. The van der Waals surface area contributed by atoms with Gasteiger partial charge in [0.15, 0.2) is 0 Å². The van der Waals surface area contributed by atoms with Crippen molar-refractivity contribution in [1.82, 2.24) is 4.40 Å². The van der Waals surface area contributed by atoms with Crippen LogP contribution in [0.1, 0.15) is 5.56 Å². The van der Waals surface area contributed by atoms with E-state index >= 15 is 0 Å². The largest absolute Gasteiger partial charge is 0.317 e. The maximum atomic E-state index is 2.20. The van der Waals surface area contributed by atoms with Crippen LogP contribution in [0.4, 0.5) is 0 Å². The Morgan fingerprint density at radius 1 is 1.27 bits per heavy atom. The molecule has 1 aliphatic rings. The number of aromatic nitrogens is 1. The minimum Gasteiger partial charge on any atom is -0.317 e. The number of hydrogen-bond donors (Lipinski definition) is 0. The van der Waals surface area contributed by atoms with E-state index in [4.69, 9.17) is 0 Å². The van der Waals surface area contributed by atoms with Crippen LogP contribution in [0.25, 0.3) is 17.7 Å². The summed E-state index contributed by atoms with van der Waals surface area (Å²) < 4.78 is 2.20. The molecule has 0 bridgehead atoms. The molecule has 0 saturated carbocycles. The molecule has 0 atom stereocenters. The molecule has 1 aliphatic carbocycles. The molecule has 0 spiro atoms. The topological polar surface area (TPSA) is 4.41 Å². The molecule has 0 N–H and O–H groups in total. The highest BCUT2D eigenvalue weighted by Crippen LogP contribution is 2.10. The van der Waals surface area contributed by atoms with Gasteiger partial charge in [-0.05, 0) is 24.3 Å². The van der Waals surface area contributed by atoms with Crippen LogP contribution in [0, 0.1) is 0 Å². The number of hydrogen-bond acceptors (Lipinski definition) is 0. The van der Waals surface area contributed by atoms with Crippen LogP contribution in [0.5, 0.6) is 0 Å². The Hall–Kier alpha value is -1.50. The summed E-state index contributed by atoms with van der Waals surface area (Å²) in [5.74, 6) is 0. The highest BCUT2D eigenvalue weighted by atomic mass is 14.9. The second-order valence-electron chi connectivity index (χ2n) is 2.81. The number of allylic oxidation sites excluding steroid dienone is 1. The van der Waals surface area contributed by atoms with Gasteiger partial charge in [-0.15, -0.1) is 0 Å². The first-order valence-corrected chi connectivity index (χ1v) is 3.73. The maximum absolute atomic E-state index is 2.20. The van der Waals surface area contributed by atoms with Gasteiger partial charge in [-0.3, -0.25) is 0 Å². The van der Waals surface area contributed by atoms with Crippen molar-refractivity contribution in [3.8, 4) is 0 Å². The highest BCUT2D eigenvalue weighted by Gasteiger charge is 2.02. The highest BCUT2D eigenvalue weighted by molar-refractivity contribution is 5.71. The summed E-state index contributed by atoms with van der Waals surface area (Å²) in [5.41, 5.74) is 2.62. The molecule has 0 amide bonds. The van der Waals surface area contributed by atoms with E-state index in [0.29, 0.717) is 0 Å². The van der Waals surface area contributed by atoms with Gasteiger partial charge >= 0.3 is 0 Å². The van der Waals surface area contributed by atoms with Gasteiger partial charge in [0.2, 0.25) is 0 Å². The van der Waals surface area contributed by atoms with Crippen LogP contribution >= 0.6 is 0 Å². The van der Waals surface area contributed by atoms with E-state index < -0.39 is 0 Å². The van der Waals surface area contributed by atoms with Crippen molar-refractivity contribution in [2.24, 2.45) is 0 Å². The smallest absolute Gasteiger partial charge is 0.0528 e. The third-order valence-electron chi connectivity index (χ3n) is 2.17. The third-order valence-corrected chi connectivity index (χ3v) is 2.17. The van der Waals surface area contributed by atoms with E-state index in [1.54, 1.807) is 0 Å². The summed E-state index contributed by atoms with van der Waals surface area (Å²) in [6, 6.07) is 6.40. The number of fused-ring (bicyclic) bond motifs is 3. The van der Waals surface area contributed by atoms with E-state index in [1.165, 1.54) is 16.4 Å². The average molecular weight is 141 g/mol. The van der Waals surface area contributed by atoms with E-state index in [2.05, 4.69) is 47.0 Å². The van der Waals surface area contributed by atoms with Crippen molar-refractivity contribution in [3.05, 3.63) is 41.4 Å². The van der Waals surface area contributed by atoms with Crippen molar-refractivity contribution >= 4 is 17.7 Å². The SMILES string of the molecule is C1=Cc2cc3cccn3c2=C1. The molecule has 1 heteroatoms. The van der Waals surface area contributed by atoms with Gasteiger partial charge in [0.25, 0.3) is 0 Å². The van der Waals surface area contributed by atoms with Crippen LogP contribution in [-0.4, -0.2) is 4.40 Å². The molecule has 0 aliphatic heterocycles. The lowest BCUT2D eigenvalue weighted by Crippen LogP contribution is -2.06. The van der Waals surface area contributed by atoms with E-state index in [1.807, 2.05) is 0 Å². The number of rotatable bonds is 0. The van der Waals surface area contributed by atoms with Gasteiger partial charge in [-0.2, -0.15) is 0 Å². The Bertz CT molecular complexity index is 488. The van der Waals surface area contributed by atoms with E-state index in [0.717, 1.165) is 0 Å². The van der Waals surface area contributed by atoms with Crippen molar-refractivity contribution in [1.29, 1.82) is 0 Å². The Morgan fingerprint density at radius 3 is 3.27 bits per heavy atom. The molecule has 0 fully saturated rings. The molecule has 2 aromatic heterocycles. The molecule has 1 nitrogen and oxygen atoms in total. The lowest BCUT2D eigenvalue weighted by atomic mass is 10.3. The molecular weight excluding hydrogens is 134 g/mol. The van der Waals surface area contributed by atoms with Gasteiger partial charge < -0.3 is 4.40 Å². The molecule has 0 saturated heterocycles. The Kier molecular flexibility index (Phi) is 0.737. The molecule has 2 heterocycles. The van der Waals surface area contributed by atoms with Gasteiger partial charge in [-0.1, -0.05) is 12.2 Å². The van der Waals surface area contributed by atoms with Crippen molar-refractivity contribution in [2.75, 3.05) is 0 Å². The lowest BCUT2D eigenvalue weighted by molar-refractivity contribution is 1.18. The summed E-state index contributed by atoms with van der Waals surface area (Å²) in [5, 5.41) is 1.31. The second-order valence-corrected chi connectivity index (χ2v) is 2.81. The Balaban J connectivity index is 2.68. The lowest BCUT2D eigenvalue weighted by Gasteiger charge is -1.81. The first kappa shape index (κ1) is 5.19. The summed E-state index contributed by atoms with van der Waals surface area (Å²) in [6.45, 7) is 0. The first-order valence-electron chi connectivity index (χ1n) is 3.73. The Labute approximate surface area is 64.2 Å². The van der Waals surface area contributed by atoms with Gasteiger partial charge in [-0.25, -0.2) is 0 Å². The predicted octanol–water partition coefficient (Wildman–Crippen LogP) is 1.47. The zero-order valence-electron chi connectivity index (χ0n) is 5.99. The first-order chi connectivity index (χ1) is 5.45. The summed E-state index contributed by atoms with van der Waals surface area (Å²) in [4.78, 5) is 0. The van der Waals surface area contributed by atoms with Crippen LogP contribution in [0.2, 0.25) is 0 Å². The quantitative estimate of drug-likeness (QED) is 0.523. The van der Waals surface area contributed by atoms with Crippen molar-refractivity contribution < 1.29 is 0 Å². The molecule has 3 rings (SSSR count). The Morgan fingerprint density at radius 2 is 2.27 bits per heavy atom. The monoisotopic (exact) mass is 141 g/mol. The summed E-state index contributed by atoms with van der Waals surface area (Å²) in [7, 11) is 0. The summed E-state index contributed by atoms with van der Waals surface area (Å²) in [6.07, 6.45) is 8.46. The summed E-state index contributed by atoms with van der Waals surface area (Å²) >= 11 is 0. The fraction of sp³-hybridized carbons (Fsp3) is 0. The molecule has 0 aromatic carbocycles.